The van der Waals surface area contributed by atoms with Gasteiger partial charge < -0.3 is 15.0 Å². The number of aromatic nitrogens is 2. The SMILES string of the molecule is CCCC(CC(=O)C1[C@H]2CCC[C@H]2CN1C(=O)[C@@H](NC(=O)[C@@H](CC(=O)c1cnccn1)C(C)C)C(C)C)C(=O)C(=O)C[C@@H](Cc1ccccc1)C(=O)OC(C)(C)C. The van der Waals surface area contributed by atoms with Crippen molar-refractivity contribution in [3.8, 4) is 0 Å². The number of likely N-dealkylation sites (tertiary alicyclic amines) is 1. The Morgan fingerprint density at radius 1 is 0.895 bits per heavy atom. The van der Waals surface area contributed by atoms with Crippen LogP contribution in [0.15, 0.2) is 48.9 Å². The molecule has 7 atom stereocenters. The zero-order valence-corrected chi connectivity index (χ0v) is 35.0. The van der Waals surface area contributed by atoms with Gasteiger partial charge in [-0.25, -0.2) is 4.98 Å². The number of rotatable bonds is 20. The topological polar surface area (TPSA) is 170 Å². The van der Waals surface area contributed by atoms with E-state index in [0.29, 0.717) is 19.4 Å². The van der Waals surface area contributed by atoms with Gasteiger partial charge in [-0.3, -0.25) is 38.5 Å². The zero-order chi connectivity index (χ0) is 42.0. The van der Waals surface area contributed by atoms with Crippen molar-refractivity contribution < 1.29 is 38.3 Å². The van der Waals surface area contributed by atoms with E-state index in [1.165, 1.54) is 18.6 Å². The van der Waals surface area contributed by atoms with Crippen molar-refractivity contribution >= 4 is 40.9 Å². The molecule has 57 heavy (non-hydrogen) atoms. The normalized spacial score (nSPS) is 20.0. The van der Waals surface area contributed by atoms with Gasteiger partial charge in [-0.1, -0.05) is 77.8 Å². The van der Waals surface area contributed by atoms with Gasteiger partial charge in [0, 0.05) is 50.0 Å². The molecular weight excluding hydrogens is 725 g/mol. The summed E-state index contributed by atoms with van der Waals surface area (Å²) < 4.78 is 5.65. The second-order valence-corrected chi connectivity index (χ2v) is 17.7. The average molecular weight is 787 g/mol. The molecule has 1 saturated heterocycles. The third-order valence-electron chi connectivity index (χ3n) is 11.4. The van der Waals surface area contributed by atoms with Crippen molar-refractivity contribution in [1.82, 2.24) is 20.2 Å². The highest BCUT2D eigenvalue weighted by atomic mass is 16.6. The predicted octanol–water partition coefficient (Wildman–Crippen LogP) is 6.19. The van der Waals surface area contributed by atoms with Gasteiger partial charge in [0.1, 0.15) is 17.3 Å². The zero-order valence-electron chi connectivity index (χ0n) is 35.0. The van der Waals surface area contributed by atoms with E-state index in [4.69, 9.17) is 4.74 Å². The number of fused-ring (bicyclic) bond motifs is 1. The van der Waals surface area contributed by atoms with Crippen LogP contribution in [0.1, 0.15) is 123 Å². The van der Waals surface area contributed by atoms with E-state index in [-0.39, 0.29) is 72.5 Å². The van der Waals surface area contributed by atoms with E-state index in [1.54, 1.807) is 25.7 Å². The first-order valence-corrected chi connectivity index (χ1v) is 20.7. The smallest absolute Gasteiger partial charge is 0.310 e. The van der Waals surface area contributed by atoms with Gasteiger partial charge >= 0.3 is 5.97 Å². The highest BCUT2D eigenvalue weighted by Gasteiger charge is 2.51. The second kappa shape index (κ2) is 20.2. The largest absolute Gasteiger partial charge is 0.460 e. The Labute approximate surface area is 337 Å². The number of ketones is 4. The van der Waals surface area contributed by atoms with E-state index in [1.807, 2.05) is 65.0 Å². The fraction of sp³-hybridized carbons (Fsp3) is 0.622. The number of Topliss-reactive ketones (excluding diaryl/α,β-unsaturated/α-hetero) is 4. The quantitative estimate of drug-likeness (QED) is 0.0928. The van der Waals surface area contributed by atoms with Crippen molar-refractivity contribution in [2.24, 2.45) is 41.4 Å². The molecule has 1 aliphatic heterocycles. The molecule has 4 rings (SSSR count). The molecule has 1 aromatic carbocycles. The molecule has 0 bridgehead atoms. The van der Waals surface area contributed by atoms with Crippen LogP contribution in [0.25, 0.3) is 0 Å². The maximum absolute atomic E-state index is 14.5. The first-order chi connectivity index (χ1) is 26.9. The van der Waals surface area contributed by atoms with Crippen molar-refractivity contribution in [1.29, 1.82) is 0 Å². The molecule has 12 heteroatoms. The van der Waals surface area contributed by atoms with Crippen LogP contribution < -0.4 is 5.32 Å². The van der Waals surface area contributed by atoms with E-state index < -0.39 is 58.9 Å². The predicted molar refractivity (Wildman–Crippen MR) is 215 cm³/mol. The molecule has 2 aromatic rings. The van der Waals surface area contributed by atoms with Gasteiger partial charge in [0.2, 0.25) is 17.6 Å². The molecule has 2 heterocycles. The molecule has 12 nitrogen and oxygen atoms in total. The maximum Gasteiger partial charge on any atom is 0.310 e. The monoisotopic (exact) mass is 786 g/mol. The van der Waals surface area contributed by atoms with Gasteiger partial charge in [-0.2, -0.15) is 0 Å². The summed E-state index contributed by atoms with van der Waals surface area (Å²) >= 11 is 0. The summed E-state index contributed by atoms with van der Waals surface area (Å²) in [5, 5.41) is 2.94. The molecule has 1 N–H and O–H groups in total. The highest BCUT2D eigenvalue weighted by molar-refractivity contribution is 6.38. The number of carbonyl (C=O) groups excluding carboxylic acids is 7. The Bertz CT molecular complexity index is 1740. The lowest BCUT2D eigenvalue weighted by molar-refractivity contribution is -0.161. The van der Waals surface area contributed by atoms with E-state index in [2.05, 4.69) is 15.3 Å². The summed E-state index contributed by atoms with van der Waals surface area (Å²) in [5.41, 5.74) is 0.204. The highest BCUT2D eigenvalue weighted by Crippen LogP contribution is 2.44. The van der Waals surface area contributed by atoms with Gasteiger partial charge in [-0.15, -0.1) is 0 Å². The molecule has 1 aliphatic carbocycles. The number of carbonyl (C=O) groups is 7. The number of amides is 2. The molecule has 2 fully saturated rings. The fourth-order valence-corrected chi connectivity index (χ4v) is 8.39. The van der Waals surface area contributed by atoms with Crippen molar-refractivity contribution in [2.45, 2.75) is 131 Å². The van der Waals surface area contributed by atoms with Crippen LogP contribution in [0.5, 0.6) is 0 Å². The number of nitrogens with one attached hydrogen (secondary N) is 1. The van der Waals surface area contributed by atoms with E-state index in [0.717, 1.165) is 24.8 Å². The standard InChI is InChI=1S/C45H62N4O8/c1-9-14-30(41(53)38(52)23-32(44(56)57-45(6,7)8)21-29-15-11-10-12-16-29)22-37(51)40-33-18-13-17-31(33)26-49(40)43(55)39(28(4)5)48-42(54)34(27(2)3)24-36(50)35-25-46-19-20-47-35/h10-12,15-16,19-20,25,27-28,30-34,39-40H,9,13-14,17-18,21-24,26H2,1-8H3,(H,48,54)/t30?,31-,32+,33-,34-,39-,40?/m0/s1. The summed E-state index contributed by atoms with van der Waals surface area (Å²) in [6, 6.07) is 7.50. The lowest BCUT2D eigenvalue weighted by Gasteiger charge is -2.33. The number of hydrogen-bond donors (Lipinski definition) is 1. The number of nitrogens with zero attached hydrogens (tertiary/aromatic N) is 3. The first kappa shape index (κ1) is 45.1. The second-order valence-electron chi connectivity index (χ2n) is 17.7. The Morgan fingerprint density at radius 2 is 1.60 bits per heavy atom. The summed E-state index contributed by atoms with van der Waals surface area (Å²) in [4.78, 5) is 106. The summed E-state index contributed by atoms with van der Waals surface area (Å²) in [5.74, 6) is -6.41. The van der Waals surface area contributed by atoms with Gasteiger partial charge in [0.25, 0.3) is 0 Å². The lowest BCUT2D eigenvalue weighted by atomic mass is 9.83. The fourth-order valence-electron chi connectivity index (χ4n) is 8.39. The lowest BCUT2D eigenvalue weighted by Crippen LogP contribution is -2.56. The van der Waals surface area contributed by atoms with Gasteiger partial charge in [0.15, 0.2) is 17.3 Å². The average Bonchev–Trinajstić information content (AvgIpc) is 3.76. The van der Waals surface area contributed by atoms with Gasteiger partial charge in [-0.05, 0) is 75.7 Å². The summed E-state index contributed by atoms with van der Waals surface area (Å²) in [6.45, 7) is 14.8. The van der Waals surface area contributed by atoms with Crippen molar-refractivity contribution in [3.63, 3.8) is 0 Å². The van der Waals surface area contributed by atoms with Crippen LogP contribution in [-0.2, 0) is 39.9 Å². The molecule has 1 aromatic heterocycles. The number of hydrogen-bond acceptors (Lipinski definition) is 10. The minimum atomic E-state index is -0.955. The molecule has 1 saturated carbocycles. The van der Waals surface area contributed by atoms with Crippen LogP contribution in [0.4, 0.5) is 0 Å². The van der Waals surface area contributed by atoms with Crippen LogP contribution in [0, 0.1) is 41.4 Å². The number of benzene rings is 1. The van der Waals surface area contributed by atoms with Crippen molar-refractivity contribution in [2.75, 3.05) is 6.54 Å². The third kappa shape index (κ3) is 12.2. The molecule has 2 unspecified atom stereocenters. The van der Waals surface area contributed by atoms with E-state index >= 15 is 0 Å². The number of ether oxygens (including phenoxy) is 1. The van der Waals surface area contributed by atoms with Crippen LogP contribution >= 0.6 is 0 Å². The maximum atomic E-state index is 14.5. The summed E-state index contributed by atoms with van der Waals surface area (Å²) in [7, 11) is 0. The molecule has 0 radical (unpaired) electrons. The van der Waals surface area contributed by atoms with Crippen LogP contribution in [-0.4, -0.2) is 80.0 Å². The minimum absolute atomic E-state index is 0.0894. The van der Waals surface area contributed by atoms with Crippen LogP contribution in [0.2, 0.25) is 0 Å². The van der Waals surface area contributed by atoms with Crippen molar-refractivity contribution in [3.05, 3.63) is 60.2 Å². The molecule has 310 valence electrons. The Balaban J connectivity index is 1.52. The third-order valence-corrected chi connectivity index (χ3v) is 11.4. The molecular formula is C45H62N4O8. The summed E-state index contributed by atoms with van der Waals surface area (Å²) in [6.07, 6.45) is 7.20. The van der Waals surface area contributed by atoms with Gasteiger partial charge in [0.05, 0.1) is 18.2 Å². The molecule has 2 aliphatic rings. The Hall–Kier alpha value is -4.61. The molecule has 0 spiro atoms. The Morgan fingerprint density at radius 3 is 2.19 bits per heavy atom. The minimum Gasteiger partial charge on any atom is -0.460 e. The van der Waals surface area contributed by atoms with Crippen LogP contribution in [0.3, 0.4) is 0 Å². The molecule has 2 amide bonds. The number of esters is 1. The first-order valence-electron chi connectivity index (χ1n) is 20.7. The van der Waals surface area contributed by atoms with E-state index in [9.17, 15) is 33.6 Å². The Kier molecular flexibility index (Phi) is 16.0.